The number of nitro benzene ring substituents is 1. The molecule has 7 nitrogen and oxygen atoms in total. The number of carbonyl (C=O) groups excluding carboxylic acids is 2. The van der Waals surface area contributed by atoms with Crippen LogP contribution in [0.2, 0.25) is 0 Å². The van der Waals surface area contributed by atoms with Crippen LogP contribution in [0.15, 0.2) is 38.6 Å². The minimum Gasteiger partial charge on any atom is -0.267 e. The summed E-state index contributed by atoms with van der Waals surface area (Å²) in [6, 6.07) is 6.80. The van der Waals surface area contributed by atoms with Crippen molar-refractivity contribution >= 4 is 60.7 Å². The van der Waals surface area contributed by atoms with Gasteiger partial charge in [0.2, 0.25) is 0 Å². The van der Waals surface area contributed by atoms with Gasteiger partial charge in [0.25, 0.3) is 17.5 Å². The number of non-ortho nitro benzene ring substituents is 1. The number of nitro groups is 1. The summed E-state index contributed by atoms with van der Waals surface area (Å²) in [7, 11) is 0. The van der Waals surface area contributed by atoms with Crippen LogP contribution in [0, 0.1) is 10.1 Å². The first kappa shape index (κ1) is 16.6. The molecule has 114 valence electrons. The summed E-state index contributed by atoms with van der Waals surface area (Å²) in [5, 5.41) is 10.7. The largest absolute Gasteiger partial charge is 0.279 e. The highest BCUT2D eigenvalue weighted by molar-refractivity contribution is 9.13. The van der Waals surface area contributed by atoms with Crippen molar-refractivity contribution < 1.29 is 14.5 Å². The second kappa shape index (κ2) is 6.99. The van der Waals surface area contributed by atoms with Gasteiger partial charge in [-0.1, -0.05) is 6.07 Å². The van der Waals surface area contributed by atoms with E-state index in [2.05, 4.69) is 42.7 Å². The van der Waals surface area contributed by atoms with E-state index in [1.807, 2.05) is 0 Å². The van der Waals surface area contributed by atoms with Gasteiger partial charge in [0, 0.05) is 22.2 Å². The molecule has 0 spiro atoms. The van der Waals surface area contributed by atoms with Crippen LogP contribution in [0.4, 0.5) is 5.69 Å². The van der Waals surface area contributed by atoms with Gasteiger partial charge < -0.3 is 0 Å². The standard InChI is InChI=1S/C12H7Br2N3O4S/c13-8-5-9(22-10(8)14)12(19)16-15-11(18)6-2-1-3-7(4-6)17(20)21/h1-5H,(H,15,18)(H,16,19). The number of hydrazine groups is 1. The van der Waals surface area contributed by atoms with Gasteiger partial charge in [-0.05, 0) is 44.0 Å². The lowest BCUT2D eigenvalue weighted by Gasteiger charge is -2.06. The van der Waals surface area contributed by atoms with Crippen LogP contribution in [-0.2, 0) is 0 Å². The first-order valence-corrected chi connectivity index (χ1v) is 8.08. The van der Waals surface area contributed by atoms with Gasteiger partial charge >= 0.3 is 0 Å². The van der Waals surface area contributed by atoms with E-state index in [0.29, 0.717) is 4.88 Å². The lowest BCUT2D eigenvalue weighted by Crippen LogP contribution is -2.41. The Morgan fingerprint density at radius 3 is 2.41 bits per heavy atom. The van der Waals surface area contributed by atoms with Crippen LogP contribution in [-0.4, -0.2) is 16.7 Å². The smallest absolute Gasteiger partial charge is 0.267 e. The first-order valence-electron chi connectivity index (χ1n) is 5.68. The van der Waals surface area contributed by atoms with Gasteiger partial charge in [-0.2, -0.15) is 0 Å². The molecule has 0 radical (unpaired) electrons. The zero-order valence-corrected chi connectivity index (χ0v) is 14.6. The topological polar surface area (TPSA) is 101 Å². The molecule has 10 heteroatoms. The second-order valence-corrected chi connectivity index (χ2v) is 7.17. The number of nitrogens with zero attached hydrogens (tertiary/aromatic N) is 1. The summed E-state index contributed by atoms with van der Waals surface area (Å²) in [6.45, 7) is 0. The number of carbonyl (C=O) groups is 2. The van der Waals surface area contributed by atoms with Crippen LogP contribution in [0.1, 0.15) is 20.0 Å². The molecule has 2 aromatic rings. The number of hydrogen-bond acceptors (Lipinski definition) is 5. The van der Waals surface area contributed by atoms with Crippen molar-refractivity contribution in [3.05, 3.63) is 59.1 Å². The lowest BCUT2D eigenvalue weighted by atomic mass is 10.2. The Labute approximate surface area is 145 Å². The van der Waals surface area contributed by atoms with E-state index in [-0.39, 0.29) is 11.3 Å². The highest BCUT2D eigenvalue weighted by atomic mass is 79.9. The van der Waals surface area contributed by atoms with Gasteiger partial charge in [-0.25, -0.2) is 0 Å². The minimum absolute atomic E-state index is 0.0723. The molecule has 0 saturated carbocycles. The van der Waals surface area contributed by atoms with Crippen LogP contribution >= 0.6 is 43.2 Å². The third-order valence-electron chi connectivity index (χ3n) is 2.48. The molecule has 0 aliphatic heterocycles. The van der Waals surface area contributed by atoms with Gasteiger partial charge in [0.15, 0.2) is 0 Å². The Morgan fingerprint density at radius 2 is 1.82 bits per heavy atom. The molecule has 0 unspecified atom stereocenters. The van der Waals surface area contributed by atoms with Crippen molar-refractivity contribution in [2.75, 3.05) is 0 Å². The second-order valence-electron chi connectivity index (χ2n) is 3.95. The normalized spacial score (nSPS) is 10.1. The van der Waals surface area contributed by atoms with E-state index in [1.165, 1.54) is 29.5 Å². The summed E-state index contributed by atoms with van der Waals surface area (Å²) in [5.41, 5.74) is 4.32. The summed E-state index contributed by atoms with van der Waals surface area (Å²) in [5.74, 6) is -1.14. The number of hydrogen-bond donors (Lipinski definition) is 2. The fourth-order valence-corrected chi connectivity index (χ4v) is 3.40. The minimum atomic E-state index is -0.647. The third kappa shape index (κ3) is 3.90. The van der Waals surface area contributed by atoms with E-state index in [1.54, 1.807) is 6.07 Å². The summed E-state index contributed by atoms with van der Waals surface area (Å²) in [6.07, 6.45) is 0. The molecule has 0 aliphatic rings. The zero-order chi connectivity index (χ0) is 16.3. The Balaban J connectivity index is 2.02. The number of amides is 2. The summed E-state index contributed by atoms with van der Waals surface area (Å²) in [4.78, 5) is 34.2. The maximum atomic E-state index is 11.9. The first-order chi connectivity index (χ1) is 10.4. The van der Waals surface area contributed by atoms with E-state index >= 15 is 0 Å². The molecule has 2 N–H and O–H groups in total. The Hall–Kier alpha value is -1.78. The molecule has 2 amide bonds. The lowest BCUT2D eigenvalue weighted by molar-refractivity contribution is -0.384. The number of halogens is 2. The molecule has 22 heavy (non-hydrogen) atoms. The molecule has 2 rings (SSSR count). The molecule has 1 heterocycles. The van der Waals surface area contributed by atoms with E-state index in [9.17, 15) is 19.7 Å². The van der Waals surface area contributed by atoms with E-state index in [0.717, 1.165) is 14.3 Å². The maximum Gasteiger partial charge on any atom is 0.279 e. The number of thiophene rings is 1. The molecular formula is C12H7Br2N3O4S. The van der Waals surface area contributed by atoms with Crippen LogP contribution in [0.5, 0.6) is 0 Å². The van der Waals surface area contributed by atoms with Crippen molar-refractivity contribution in [3.63, 3.8) is 0 Å². The van der Waals surface area contributed by atoms with Crippen LogP contribution in [0.25, 0.3) is 0 Å². The van der Waals surface area contributed by atoms with Crippen molar-refractivity contribution in [2.24, 2.45) is 0 Å². The van der Waals surface area contributed by atoms with Crippen molar-refractivity contribution in [2.45, 2.75) is 0 Å². The predicted octanol–water partition coefficient (Wildman–Crippen LogP) is 3.26. The molecular weight excluding hydrogens is 442 g/mol. The van der Waals surface area contributed by atoms with Crippen molar-refractivity contribution in [1.29, 1.82) is 0 Å². The third-order valence-corrected chi connectivity index (χ3v) is 5.73. The van der Waals surface area contributed by atoms with Crippen LogP contribution in [0.3, 0.4) is 0 Å². The highest BCUT2D eigenvalue weighted by Gasteiger charge is 2.15. The number of rotatable bonds is 3. The predicted molar refractivity (Wildman–Crippen MR) is 87.7 cm³/mol. The Kier molecular flexibility index (Phi) is 5.27. The van der Waals surface area contributed by atoms with Gasteiger partial charge in [0.05, 0.1) is 13.6 Å². The fraction of sp³-hybridized carbons (Fsp3) is 0. The molecule has 0 bridgehead atoms. The summed E-state index contributed by atoms with van der Waals surface area (Å²) >= 11 is 7.71. The van der Waals surface area contributed by atoms with Crippen molar-refractivity contribution in [3.8, 4) is 0 Å². The molecule has 0 atom stereocenters. The zero-order valence-electron chi connectivity index (χ0n) is 10.6. The molecule has 1 aromatic carbocycles. The van der Waals surface area contributed by atoms with Gasteiger partial charge in [-0.15, -0.1) is 11.3 Å². The maximum absolute atomic E-state index is 11.9. The monoisotopic (exact) mass is 447 g/mol. The molecule has 1 aromatic heterocycles. The summed E-state index contributed by atoms with van der Waals surface area (Å²) < 4.78 is 1.48. The average molecular weight is 449 g/mol. The average Bonchev–Trinajstić information content (AvgIpc) is 2.84. The van der Waals surface area contributed by atoms with Crippen molar-refractivity contribution in [1.82, 2.24) is 10.9 Å². The molecule has 0 saturated heterocycles. The highest BCUT2D eigenvalue weighted by Crippen LogP contribution is 2.32. The number of benzene rings is 1. The SMILES string of the molecule is O=C(NNC(=O)c1cc(Br)c(Br)s1)c1cccc([N+](=O)[O-])c1. The van der Waals surface area contributed by atoms with Crippen LogP contribution < -0.4 is 10.9 Å². The van der Waals surface area contributed by atoms with Gasteiger partial charge in [-0.3, -0.25) is 30.6 Å². The molecule has 0 fully saturated rings. The number of nitrogens with one attached hydrogen (secondary N) is 2. The Morgan fingerprint density at radius 1 is 1.14 bits per heavy atom. The molecule has 0 aliphatic carbocycles. The van der Waals surface area contributed by atoms with Gasteiger partial charge in [0.1, 0.15) is 0 Å². The van der Waals surface area contributed by atoms with E-state index in [4.69, 9.17) is 0 Å². The van der Waals surface area contributed by atoms with E-state index < -0.39 is 16.7 Å². The Bertz CT molecular complexity index is 743. The quantitative estimate of drug-likeness (QED) is 0.555. The fourth-order valence-electron chi connectivity index (χ4n) is 1.47.